The number of aliphatic carboxylic acids is 1. The number of carboxylic acids is 1. The van der Waals surface area contributed by atoms with E-state index in [9.17, 15) is 9.59 Å². The van der Waals surface area contributed by atoms with Crippen molar-refractivity contribution in [2.75, 3.05) is 46.3 Å². The molecule has 0 atom stereocenters. The Morgan fingerprint density at radius 1 is 1.26 bits per heavy atom. The number of nitrogens with one attached hydrogen (secondary N) is 1. The lowest BCUT2D eigenvalue weighted by molar-refractivity contribution is -0.137. The van der Waals surface area contributed by atoms with Crippen molar-refractivity contribution >= 4 is 12.0 Å². The van der Waals surface area contributed by atoms with Gasteiger partial charge in [-0.15, -0.1) is 0 Å². The Kier molecular flexibility index (Phi) is 6.04. The van der Waals surface area contributed by atoms with Gasteiger partial charge < -0.3 is 14.9 Å². The molecule has 1 heterocycles. The standard InChI is InChI=1S/C12H24N4O3/c1-10(2)8-15(9-11(17)18)12(19)13-16-6-4-14(3)5-7-16/h10H,4-9H2,1-3H3,(H,13,19)(H,17,18). The smallest absolute Gasteiger partial charge is 0.332 e. The van der Waals surface area contributed by atoms with Gasteiger partial charge in [0.1, 0.15) is 6.54 Å². The second-order valence-electron chi connectivity index (χ2n) is 5.38. The van der Waals surface area contributed by atoms with Crippen LogP contribution in [-0.2, 0) is 4.79 Å². The number of hydrogen-bond acceptors (Lipinski definition) is 4. The number of rotatable bonds is 5. The molecule has 0 aliphatic carbocycles. The summed E-state index contributed by atoms with van der Waals surface area (Å²) < 4.78 is 0. The van der Waals surface area contributed by atoms with Gasteiger partial charge in [-0.3, -0.25) is 10.2 Å². The van der Waals surface area contributed by atoms with Crippen LogP contribution in [-0.4, -0.2) is 78.2 Å². The Bertz CT molecular complexity index is 314. The summed E-state index contributed by atoms with van der Waals surface area (Å²) >= 11 is 0. The quantitative estimate of drug-likeness (QED) is 0.731. The van der Waals surface area contributed by atoms with E-state index in [1.807, 2.05) is 25.9 Å². The lowest BCUT2D eigenvalue weighted by Gasteiger charge is -2.34. The third kappa shape index (κ3) is 5.89. The molecule has 1 aliphatic heterocycles. The average molecular weight is 272 g/mol. The normalized spacial score (nSPS) is 17.5. The molecule has 7 nitrogen and oxygen atoms in total. The molecule has 0 bridgehead atoms. The first-order valence-corrected chi connectivity index (χ1v) is 6.59. The van der Waals surface area contributed by atoms with Crippen LogP contribution in [0.25, 0.3) is 0 Å². The van der Waals surface area contributed by atoms with E-state index < -0.39 is 5.97 Å². The van der Waals surface area contributed by atoms with Crippen molar-refractivity contribution in [1.29, 1.82) is 0 Å². The number of carbonyl (C=O) groups is 2. The number of likely N-dealkylation sites (N-methyl/N-ethyl adjacent to an activating group) is 1. The summed E-state index contributed by atoms with van der Waals surface area (Å²) in [6.07, 6.45) is 0. The zero-order valence-electron chi connectivity index (χ0n) is 11.9. The first-order chi connectivity index (χ1) is 8.88. The van der Waals surface area contributed by atoms with Crippen molar-refractivity contribution in [1.82, 2.24) is 20.2 Å². The molecule has 0 aromatic heterocycles. The molecule has 1 saturated heterocycles. The van der Waals surface area contributed by atoms with Gasteiger partial charge in [0, 0.05) is 32.7 Å². The molecule has 19 heavy (non-hydrogen) atoms. The highest BCUT2D eigenvalue weighted by atomic mass is 16.4. The van der Waals surface area contributed by atoms with Crippen molar-refractivity contribution in [2.24, 2.45) is 5.92 Å². The van der Waals surface area contributed by atoms with E-state index in [1.165, 1.54) is 4.90 Å². The highest BCUT2D eigenvalue weighted by Crippen LogP contribution is 2.01. The van der Waals surface area contributed by atoms with Crippen LogP contribution in [0.2, 0.25) is 0 Å². The van der Waals surface area contributed by atoms with Crippen LogP contribution >= 0.6 is 0 Å². The Labute approximate surface area is 114 Å². The first-order valence-electron chi connectivity index (χ1n) is 6.59. The molecule has 1 aliphatic rings. The summed E-state index contributed by atoms with van der Waals surface area (Å²) in [4.78, 5) is 26.4. The number of amides is 2. The van der Waals surface area contributed by atoms with Gasteiger partial charge in [0.25, 0.3) is 0 Å². The molecule has 2 amide bonds. The Balaban J connectivity index is 2.48. The maximum atomic E-state index is 12.1. The molecular formula is C12H24N4O3. The number of urea groups is 1. The summed E-state index contributed by atoms with van der Waals surface area (Å²) in [5.41, 5.74) is 2.78. The minimum atomic E-state index is -0.992. The summed E-state index contributed by atoms with van der Waals surface area (Å²) in [7, 11) is 2.04. The van der Waals surface area contributed by atoms with Crippen molar-refractivity contribution in [3.8, 4) is 0 Å². The lowest BCUT2D eigenvalue weighted by Crippen LogP contribution is -2.56. The van der Waals surface area contributed by atoms with Gasteiger partial charge in [-0.25, -0.2) is 9.80 Å². The Morgan fingerprint density at radius 3 is 2.32 bits per heavy atom. The zero-order chi connectivity index (χ0) is 14.4. The molecule has 110 valence electrons. The van der Waals surface area contributed by atoms with Gasteiger partial charge in [0.15, 0.2) is 0 Å². The van der Waals surface area contributed by atoms with Crippen LogP contribution < -0.4 is 5.43 Å². The molecule has 0 radical (unpaired) electrons. The Morgan fingerprint density at radius 2 is 1.84 bits per heavy atom. The summed E-state index contributed by atoms with van der Waals surface area (Å²) in [5, 5.41) is 10.7. The minimum absolute atomic E-state index is 0.234. The van der Waals surface area contributed by atoms with E-state index >= 15 is 0 Å². The molecule has 0 aromatic carbocycles. The maximum Gasteiger partial charge on any atom is 0.332 e. The van der Waals surface area contributed by atoms with E-state index in [0.717, 1.165) is 26.2 Å². The van der Waals surface area contributed by atoms with Crippen molar-refractivity contribution in [3.05, 3.63) is 0 Å². The fourth-order valence-electron chi connectivity index (χ4n) is 1.95. The van der Waals surface area contributed by atoms with Crippen LogP contribution in [0.1, 0.15) is 13.8 Å². The molecule has 7 heteroatoms. The van der Waals surface area contributed by atoms with E-state index in [0.29, 0.717) is 6.54 Å². The predicted molar refractivity (Wildman–Crippen MR) is 71.6 cm³/mol. The van der Waals surface area contributed by atoms with Crippen LogP contribution in [0.4, 0.5) is 4.79 Å². The van der Waals surface area contributed by atoms with Crippen LogP contribution in [0, 0.1) is 5.92 Å². The number of piperazine rings is 1. The summed E-state index contributed by atoms with van der Waals surface area (Å²) in [5.74, 6) is -0.758. The largest absolute Gasteiger partial charge is 0.480 e. The minimum Gasteiger partial charge on any atom is -0.480 e. The number of nitrogens with zero attached hydrogens (tertiary/aromatic N) is 3. The van der Waals surface area contributed by atoms with Gasteiger partial charge in [-0.1, -0.05) is 13.8 Å². The molecule has 0 unspecified atom stereocenters. The monoisotopic (exact) mass is 272 g/mol. The fourth-order valence-corrected chi connectivity index (χ4v) is 1.95. The Hall–Kier alpha value is -1.34. The van der Waals surface area contributed by atoms with E-state index in [-0.39, 0.29) is 18.5 Å². The van der Waals surface area contributed by atoms with Crippen molar-refractivity contribution in [3.63, 3.8) is 0 Å². The van der Waals surface area contributed by atoms with Crippen molar-refractivity contribution in [2.45, 2.75) is 13.8 Å². The van der Waals surface area contributed by atoms with E-state index in [1.54, 1.807) is 0 Å². The molecule has 1 rings (SSSR count). The van der Waals surface area contributed by atoms with Crippen molar-refractivity contribution < 1.29 is 14.7 Å². The number of carboxylic acid groups (broad SMARTS) is 1. The van der Waals surface area contributed by atoms with Gasteiger partial charge in [0.05, 0.1) is 0 Å². The molecule has 0 spiro atoms. The van der Waals surface area contributed by atoms with E-state index in [4.69, 9.17) is 5.11 Å². The highest BCUT2D eigenvalue weighted by molar-refractivity contribution is 5.79. The summed E-state index contributed by atoms with van der Waals surface area (Å²) in [6.45, 7) is 7.38. The topological polar surface area (TPSA) is 76.1 Å². The van der Waals surface area contributed by atoms with Gasteiger partial charge in [0.2, 0.25) is 0 Å². The number of hydrazine groups is 1. The highest BCUT2D eigenvalue weighted by Gasteiger charge is 2.21. The van der Waals surface area contributed by atoms with Gasteiger partial charge in [-0.05, 0) is 13.0 Å². The maximum absolute atomic E-state index is 12.1. The number of carbonyl (C=O) groups excluding carboxylic acids is 1. The SMILES string of the molecule is CC(C)CN(CC(=O)O)C(=O)NN1CCN(C)CC1. The predicted octanol–water partition coefficient (Wildman–Crippen LogP) is -0.0990. The second-order valence-corrected chi connectivity index (χ2v) is 5.38. The third-order valence-electron chi connectivity index (χ3n) is 2.96. The molecule has 0 saturated carbocycles. The summed E-state index contributed by atoms with van der Waals surface area (Å²) in [6, 6.07) is -0.333. The molecule has 2 N–H and O–H groups in total. The third-order valence-corrected chi connectivity index (χ3v) is 2.96. The average Bonchev–Trinajstić information content (AvgIpc) is 2.30. The van der Waals surface area contributed by atoms with Crippen LogP contribution in [0.3, 0.4) is 0 Å². The van der Waals surface area contributed by atoms with Crippen LogP contribution in [0.5, 0.6) is 0 Å². The second kappa shape index (κ2) is 7.30. The zero-order valence-corrected chi connectivity index (χ0v) is 11.9. The first kappa shape index (κ1) is 15.7. The molecule has 0 aromatic rings. The van der Waals surface area contributed by atoms with Crippen LogP contribution in [0.15, 0.2) is 0 Å². The van der Waals surface area contributed by atoms with Gasteiger partial charge >= 0.3 is 12.0 Å². The number of hydrogen-bond donors (Lipinski definition) is 2. The molecule has 1 fully saturated rings. The van der Waals surface area contributed by atoms with Gasteiger partial charge in [-0.2, -0.15) is 0 Å². The molecular weight excluding hydrogens is 248 g/mol. The fraction of sp³-hybridized carbons (Fsp3) is 0.833. The van der Waals surface area contributed by atoms with E-state index in [2.05, 4.69) is 10.3 Å². The lowest BCUT2D eigenvalue weighted by atomic mass is 10.2.